The fourth-order valence-corrected chi connectivity index (χ4v) is 4.21. The van der Waals surface area contributed by atoms with Gasteiger partial charge >= 0.3 is 5.97 Å². The van der Waals surface area contributed by atoms with Gasteiger partial charge in [-0.25, -0.2) is 9.78 Å². The summed E-state index contributed by atoms with van der Waals surface area (Å²) >= 11 is 5.91. The first-order valence-electron chi connectivity index (χ1n) is 13.0. The van der Waals surface area contributed by atoms with Crippen LogP contribution in [0.2, 0.25) is 5.02 Å². The van der Waals surface area contributed by atoms with Crippen LogP contribution in [0, 0.1) is 6.92 Å². The molecule has 0 aliphatic heterocycles. The van der Waals surface area contributed by atoms with Crippen LogP contribution in [0.1, 0.15) is 23.6 Å². The van der Waals surface area contributed by atoms with Gasteiger partial charge in [0.15, 0.2) is 17.3 Å². The second-order valence-electron chi connectivity index (χ2n) is 9.13. The molecule has 7 nitrogen and oxygen atoms in total. The Morgan fingerprint density at radius 3 is 2.44 bits per heavy atom. The smallest absolute Gasteiger partial charge is 0.336 e. The first-order valence-corrected chi connectivity index (χ1v) is 13.3. The Morgan fingerprint density at radius 2 is 1.68 bits per heavy atom. The molecule has 0 aliphatic carbocycles. The first-order chi connectivity index (χ1) is 19.9. The molecule has 41 heavy (non-hydrogen) atoms. The van der Waals surface area contributed by atoms with Crippen molar-refractivity contribution in [2.24, 2.45) is 5.10 Å². The predicted octanol–water partition coefficient (Wildman–Crippen LogP) is 6.93. The van der Waals surface area contributed by atoms with Gasteiger partial charge in [-0.2, -0.15) is 9.78 Å². The summed E-state index contributed by atoms with van der Waals surface area (Å²) in [5.41, 5.74) is 3.61. The van der Waals surface area contributed by atoms with Crippen molar-refractivity contribution in [1.82, 2.24) is 9.66 Å². The summed E-state index contributed by atoms with van der Waals surface area (Å²) in [7, 11) is 0. The lowest BCUT2D eigenvalue weighted by Gasteiger charge is -2.11. The second-order valence-corrected chi connectivity index (χ2v) is 9.56. The van der Waals surface area contributed by atoms with Crippen molar-refractivity contribution in [2.45, 2.75) is 13.8 Å². The largest absolute Gasteiger partial charge is 0.490 e. The minimum atomic E-state index is -0.557. The molecule has 5 rings (SSSR count). The van der Waals surface area contributed by atoms with Crippen LogP contribution >= 0.6 is 11.6 Å². The molecule has 4 aromatic carbocycles. The zero-order valence-electron chi connectivity index (χ0n) is 22.5. The molecule has 0 amide bonds. The molecule has 8 heteroatoms. The van der Waals surface area contributed by atoms with Crippen LogP contribution in [0.3, 0.4) is 0 Å². The lowest BCUT2D eigenvalue weighted by atomic mass is 10.1. The molecule has 0 saturated carbocycles. The van der Waals surface area contributed by atoms with Crippen molar-refractivity contribution in [2.75, 3.05) is 6.61 Å². The number of hydrogen-bond acceptors (Lipinski definition) is 6. The average Bonchev–Trinajstić information content (AvgIpc) is 2.98. The molecule has 1 heterocycles. The van der Waals surface area contributed by atoms with E-state index in [-0.39, 0.29) is 11.3 Å². The van der Waals surface area contributed by atoms with Crippen molar-refractivity contribution < 1.29 is 14.3 Å². The van der Waals surface area contributed by atoms with Crippen LogP contribution in [0.15, 0.2) is 107 Å². The minimum Gasteiger partial charge on any atom is -0.490 e. The molecule has 0 unspecified atom stereocenters. The average molecular weight is 564 g/mol. The van der Waals surface area contributed by atoms with Crippen LogP contribution in [0.5, 0.6) is 11.5 Å². The highest BCUT2D eigenvalue weighted by atomic mass is 35.5. The summed E-state index contributed by atoms with van der Waals surface area (Å²) in [6, 6.07) is 27.1. The Hall–Kier alpha value is -5.01. The molecule has 0 N–H and O–H groups in total. The molecule has 0 aliphatic rings. The molecule has 5 aromatic rings. The van der Waals surface area contributed by atoms with Crippen molar-refractivity contribution in [3.63, 3.8) is 0 Å². The zero-order chi connectivity index (χ0) is 28.8. The summed E-state index contributed by atoms with van der Waals surface area (Å²) in [6.07, 6.45) is 4.52. The molecule has 0 atom stereocenters. The number of para-hydroxylation sites is 1. The zero-order valence-corrected chi connectivity index (χ0v) is 23.2. The SMILES string of the molecule is CCOc1cc(C=Nn2c(-c3ccc(C)cc3)nc3ccccc3c2=O)ccc1OC(=O)/C=C/c1ccc(Cl)cc1. The Morgan fingerprint density at radius 1 is 0.951 bits per heavy atom. The third-order valence-electron chi connectivity index (χ3n) is 6.15. The van der Waals surface area contributed by atoms with Gasteiger partial charge in [-0.15, -0.1) is 0 Å². The Kier molecular flexibility index (Phi) is 8.36. The Bertz CT molecular complexity index is 1830. The molecule has 0 fully saturated rings. The Balaban J connectivity index is 1.45. The van der Waals surface area contributed by atoms with E-state index in [9.17, 15) is 9.59 Å². The van der Waals surface area contributed by atoms with Crippen LogP contribution < -0.4 is 15.0 Å². The standard InChI is InChI=1S/C33H26ClN3O4/c1-3-40-30-20-24(12-18-29(30)41-31(38)19-13-23-10-16-26(34)17-11-23)21-35-37-32(25-14-8-22(2)9-15-25)36-28-7-5-4-6-27(28)33(37)39/h4-21H,3H2,1-2H3/b19-13+,35-21?. The van der Waals surface area contributed by atoms with Gasteiger partial charge in [0.25, 0.3) is 5.56 Å². The molecule has 0 bridgehead atoms. The number of aryl methyl sites for hydroxylation is 1. The molecular weight excluding hydrogens is 538 g/mol. The van der Waals surface area contributed by atoms with Gasteiger partial charge in [0, 0.05) is 16.7 Å². The van der Waals surface area contributed by atoms with E-state index in [4.69, 9.17) is 26.1 Å². The second kappa shape index (κ2) is 12.4. The summed E-state index contributed by atoms with van der Waals surface area (Å²) in [5.74, 6) is 0.499. The normalized spacial score (nSPS) is 11.4. The van der Waals surface area contributed by atoms with Crippen molar-refractivity contribution >= 4 is 40.8 Å². The number of benzene rings is 4. The van der Waals surface area contributed by atoms with Gasteiger partial charge in [-0.05, 0) is 73.5 Å². The number of halogens is 1. The number of aromatic nitrogens is 2. The topological polar surface area (TPSA) is 82.8 Å². The van der Waals surface area contributed by atoms with Gasteiger partial charge in [0.2, 0.25) is 0 Å². The fourth-order valence-electron chi connectivity index (χ4n) is 4.08. The molecule has 1 aromatic heterocycles. The van der Waals surface area contributed by atoms with Crippen LogP contribution in [-0.4, -0.2) is 28.5 Å². The number of esters is 1. The number of fused-ring (bicyclic) bond motifs is 1. The van der Waals surface area contributed by atoms with E-state index in [1.165, 1.54) is 10.8 Å². The van der Waals surface area contributed by atoms with E-state index in [1.807, 2.05) is 50.2 Å². The molecule has 0 spiro atoms. The number of hydrogen-bond donors (Lipinski definition) is 0. The van der Waals surface area contributed by atoms with E-state index < -0.39 is 5.97 Å². The maximum absolute atomic E-state index is 13.5. The Labute approximate surface area is 242 Å². The van der Waals surface area contributed by atoms with E-state index in [1.54, 1.807) is 66.9 Å². The molecule has 0 radical (unpaired) electrons. The summed E-state index contributed by atoms with van der Waals surface area (Å²) in [6.45, 7) is 4.19. The predicted molar refractivity (Wildman–Crippen MR) is 163 cm³/mol. The monoisotopic (exact) mass is 563 g/mol. The summed E-state index contributed by atoms with van der Waals surface area (Å²) < 4.78 is 12.6. The highest BCUT2D eigenvalue weighted by Crippen LogP contribution is 2.28. The van der Waals surface area contributed by atoms with Crippen LogP contribution in [0.4, 0.5) is 0 Å². The lowest BCUT2D eigenvalue weighted by Crippen LogP contribution is -2.20. The molecule has 0 saturated heterocycles. The maximum Gasteiger partial charge on any atom is 0.336 e. The van der Waals surface area contributed by atoms with Crippen LogP contribution in [0.25, 0.3) is 28.4 Å². The van der Waals surface area contributed by atoms with Crippen molar-refractivity contribution in [1.29, 1.82) is 0 Å². The van der Waals surface area contributed by atoms with Gasteiger partial charge in [0.1, 0.15) is 0 Å². The van der Waals surface area contributed by atoms with Gasteiger partial charge in [0.05, 0.1) is 23.7 Å². The summed E-state index contributed by atoms with van der Waals surface area (Å²) in [5, 5.41) is 5.59. The van der Waals surface area contributed by atoms with Gasteiger partial charge in [-0.3, -0.25) is 4.79 Å². The van der Waals surface area contributed by atoms with E-state index >= 15 is 0 Å². The highest BCUT2D eigenvalue weighted by Gasteiger charge is 2.13. The number of carbonyl (C=O) groups excluding carboxylic acids is 1. The van der Waals surface area contributed by atoms with Gasteiger partial charge in [-0.1, -0.05) is 65.7 Å². The van der Waals surface area contributed by atoms with Gasteiger partial charge < -0.3 is 9.47 Å². The fraction of sp³-hybridized carbons (Fsp3) is 0.0909. The highest BCUT2D eigenvalue weighted by molar-refractivity contribution is 6.30. The lowest BCUT2D eigenvalue weighted by molar-refractivity contribution is -0.129. The third kappa shape index (κ3) is 6.59. The van der Waals surface area contributed by atoms with E-state index in [2.05, 4.69) is 5.10 Å². The molecule has 204 valence electrons. The number of nitrogens with zero attached hydrogens (tertiary/aromatic N) is 3. The van der Waals surface area contributed by atoms with E-state index in [0.717, 1.165) is 16.7 Å². The minimum absolute atomic E-state index is 0.264. The summed E-state index contributed by atoms with van der Waals surface area (Å²) in [4.78, 5) is 30.7. The van der Waals surface area contributed by atoms with Crippen LogP contribution in [-0.2, 0) is 4.79 Å². The molecular formula is C33H26ClN3O4. The third-order valence-corrected chi connectivity index (χ3v) is 6.40. The first kappa shape index (κ1) is 27.6. The number of carbonyl (C=O) groups is 1. The number of rotatable bonds is 8. The quantitative estimate of drug-likeness (QED) is 0.0885. The van der Waals surface area contributed by atoms with E-state index in [0.29, 0.717) is 39.7 Å². The number of ether oxygens (including phenoxy) is 2. The maximum atomic E-state index is 13.5. The van der Waals surface area contributed by atoms with Crippen molar-refractivity contribution in [3.8, 4) is 22.9 Å². The van der Waals surface area contributed by atoms with Crippen molar-refractivity contribution in [3.05, 3.63) is 129 Å².